The Hall–Kier alpha value is -4.58. The molecule has 2 aliphatic carbocycles. The SMILES string of the molecule is CC#N.C[C@@]1(C(=O)O)CC/C=C/[C@H](O)CC1.C[C@@]1(C(=O)ON2C(=O)CCC2=O)CC/C=C/[C@H](OC(=O)ON2C(=O)CCC2=O)CC1. The lowest BCUT2D eigenvalue weighted by molar-refractivity contribution is -0.205. The van der Waals surface area contributed by atoms with Crippen molar-refractivity contribution in [3.05, 3.63) is 24.3 Å². The highest BCUT2D eigenvalue weighted by atomic mass is 16.8. The molecule has 4 aliphatic rings. The Bertz CT molecular complexity index is 1260. The summed E-state index contributed by atoms with van der Waals surface area (Å²) in [5, 5.41) is 26.6. The maximum absolute atomic E-state index is 12.7. The van der Waals surface area contributed by atoms with E-state index in [1.807, 2.05) is 6.08 Å². The fraction of sp³-hybridized carbons (Fsp3) is 0.613. The summed E-state index contributed by atoms with van der Waals surface area (Å²) in [7, 11) is 0. The number of hydrogen-bond donors (Lipinski definition) is 2. The topological polar surface area (TPSA) is 218 Å². The third-order valence-electron chi connectivity index (χ3n) is 8.02. The van der Waals surface area contributed by atoms with E-state index < -0.39 is 64.8 Å². The molecule has 15 heteroatoms. The predicted molar refractivity (Wildman–Crippen MR) is 156 cm³/mol. The standard InChI is InChI=1S/C19H22N2O9.C10H16O3.C2H3N/c1-19(17(26)29-20-13(22)5-6-14(20)23)10-3-2-4-12(9-11-19)28-18(27)30-21-15(24)7-8-16(21)25;1-10(9(12)13)6-3-2-4-8(11)5-7-10;1-2-3/h2,4,12H,3,5-11H2,1H3;2,4,8,11H,3,5-7H2,1H3,(H,12,13);1H3/b2*4-2+;/t12-,19+;8-,10+;/m00./s1. The lowest BCUT2D eigenvalue weighted by Gasteiger charge is -2.30. The van der Waals surface area contributed by atoms with Gasteiger partial charge in [-0.25, -0.2) is 9.59 Å². The van der Waals surface area contributed by atoms with E-state index in [-0.39, 0.29) is 38.5 Å². The first-order chi connectivity index (χ1) is 21.7. The van der Waals surface area contributed by atoms with Gasteiger partial charge in [0.2, 0.25) is 0 Å². The largest absolute Gasteiger partial charge is 0.534 e. The van der Waals surface area contributed by atoms with E-state index in [0.29, 0.717) is 42.2 Å². The quantitative estimate of drug-likeness (QED) is 0.249. The van der Waals surface area contributed by atoms with Crippen LogP contribution in [0.15, 0.2) is 24.3 Å². The number of aliphatic hydroxyl groups is 1. The molecule has 4 amide bonds. The number of hydrogen-bond acceptors (Lipinski definition) is 12. The second-order valence-electron chi connectivity index (χ2n) is 11.8. The second-order valence-corrected chi connectivity index (χ2v) is 11.8. The molecule has 4 atom stereocenters. The molecular weight excluding hydrogens is 606 g/mol. The van der Waals surface area contributed by atoms with Crippen molar-refractivity contribution in [2.45, 2.75) is 110 Å². The predicted octanol–water partition coefficient (Wildman–Crippen LogP) is 3.41. The number of carbonyl (C=O) groups excluding carboxylic acids is 6. The zero-order chi connectivity index (χ0) is 34.5. The van der Waals surface area contributed by atoms with Crippen LogP contribution in [0.4, 0.5) is 4.79 Å². The van der Waals surface area contributed by atoms with E-state index in [2.05, 4.69) is 4.84 Å². The van der Waals surface area contributed by atoms with Crippen LogP contribution in [-0.2, 0) is 43.2 Å². The molecule has 2 saturated heterocycles. The summed E-state index contributed by atoms with van der Waals surface area (Å²) in [6.45, 7) is 4.83. The van der Waals surface area contributed by atoms with Crippen molar-refractivity contribution in [1.29, 1.82) is 5.26 Å². The Morgan fingerprint density at radius 2 is 1.26 bits per heavy atom. The van der Waals surface area contributed by atoms with E-state index in [1.54, 1.807) is 38.1 Å². The molecule has 0 aromatic heterocycles. The highest BCUT2D eigenvalue weighted by Crippen LogP contribution is 2.35. The van der Waals surface area contributed by atoms with E-state index in [9.17, 15) is 38.7 Å². The van der Waals surface area contributed by atoms with Gasteiger partial charge in [-0.2, -0.15) is 5.26 Å². The van der Waals surface area contributed by atoms with Crippen molar-refractivity contribution in [2.75, 3.05) is 0 Å². The molecule has 2 N–H and O–H groups in total. The zero-order valence-corrected chi connectivity index (χ0v) is 26.3. The summed E-state index contributed by atoms with van der Waals surface area (Å²) in [4.78, 5) is 91.7. The van der Waals surface area contributed by atoms with E-state index in [4.69, 9.17) is 19.9 Å². The number of hydroxylamine groups is 4. The number of carboxylic acids is 1. The molecule has 46 heavy (non-hydrogen) atoms. The Morgan fingerprint density at radius 3 is 1.78 bits per heavy atom. The first kappa shape index (κ1) is 37.6. The molecule has 15 nitrogen and oxygen atoms in total. The fourth-order valence-corrected chi connectivity index (χ4v) is 4.92. The summed E-state index contributed by atoms with van der Waals surface area (Å²) in [6.07, 6.45) is 8.32. The van der Waals surface area contributed by atoms with Gasteiger partial charge in [-0.1, -0.05) is 23.3 Å². The monoisotopic (exact) mass is 647 g/mol. The molecule has 0 bridgehead atoms. The van der Waals surface area contributed by atoms with Gasteiger partial charge < -0.3 is 19.8 Å². The number of aliphatic hydroxyl groups excluding tert-OH is 1. The van der Waals surface area contributed by atoms with Gasteiger partial charge in [0.1, 0.15) is 6.10 Å². The van der Waals surface area contributed by atoms with Crippen LogP contribution >= 0.6 is 0 Å². The molecule has 2 aliphatic heterocycles. The molecule has 0 aromatic rings. The van der Waals surface area contributed by atoms with Crippen molar-refractivity contribution in [3.63, 3.8) is 0 Å². The Morgan fingerprint density at radius 1 is 0.804 bits per heavy atom. The lowest BCUT2D eigenvalue weighted by Crippen LogP contribution is -2.40. The Labute approximate surface area is 266 Å². The lowest BCUT2D eigenvalue weighted by atomic mass is 9.79. The minimum atomic E-state index is -1.20. The minimum Gasteiger partial charge on any atom is -0.481 e. The smallest absolute Gasteiger partial charge is 0.481 e. The molecular formula is C31H41N3O12. The molecule has 0 radical (unpaired) electrons. The third kappa shape index (κ3) is 10.8. The Kier molecular flexibility index (Phi) is 14.1. The van der Waals surface area contributed by atoms with Gasteiger partial charge in [0.05, 0.1) is 23.0 Å². The van der Waals surface area contributed by atoms with Crippen LogP contribution in [0.25, 0.3) is 0 Å². The summed E-state index contributed by atoms with van der Waals surface area (Å²) in [5.74, 6) is -3.82. The number of ether oxygens (including phenoxy) is 1. The summed E-state index contributed by atoms with van der Waals surface area (Å²) in [5.41, 5.74) is -1.67. The van der Waals surface area contributed by atoms with Gasteiger partial charge in [-0.15, -0.1) is 5.06 Å². The van der Waals surface area contributed by atoms with Crippen molar-refractivity contribution >= 4 is 41.7 Å². The van der Waals surface area contributed by atoms with E-state index in [1.165, 1.54) is 6.92 Å². The van der Waals surface area contributed by atoms with Gasteiger partial charge in [0, 0.05) is 32.6 Å². The van der Waals surface area contributed by atoms with Crippen LogP contribution in [0.5, 0.6) is 0 Å². The summed E-state index contributed by atoms with van der Waals surface area (Å²) in [6, 6.07) is 1.75. The number of rotatable bonds is 5. The van der Waals surface area contributed by atoms with Crippen LogP contribution in [0.1, 0.15) is 97.8 Å². The summed E-state index contributed by atoms with van der Waals surface area (Å²) < 4.78 is 5.16. The van der Waals surface area contributed by atoms with Crippen molar-refractivity contribution in [1.82, 2.24) is 10.1 Å². The van der Waals surface area contributed by atoms with Crippen LogP contribution in [0, 0.1) is 22.2 Å². The first-order valence-electron chi connectivity index (χ1n) is 15.0. The highest BCUT2D eigenvalue weighted by molar-refractivity contribution is 6.02. The molecule has 0 aromatic carbocycles. The molecule has 2 fully saturated rings. The highest BCUT2D eigenvalue weighted by Gasteiger charge is 2.41. The number of carboxylic acid groups (broad SMARTS) is 1. The summed E-state index contributed by atoms with van der Waals surface area (Å²) >= 11 is 0. The maximum Gasteiger partial charge on any atom is 0.534 e. The second kappa shape index (κ2) is 17.2. The van der Waals surface area contributed by atoms with Crippen molar-refractivity contribution in [2.24, 2.45) is 10.8 Å². The fourth-order valence-electron chi connectivity index (χ4n) is 4.92. The van der Waals surface area contributed by atoms with Gasteiger partial charge in [0.25, 0.3) is 23.6 Å². The number of nitrogens with zero attached hydrogens (tertiary/aromatic N) is 3. The van der Waals surface area contributed by atoms with E-state index >= 15 is 0 Å². The Balaban J connectivity index is 0.000000382. The van der Waals surface area contributed by atoms with Crippen LogP contribution in [0.2, 0.25) is 0 Å². The molecule has 0 unspecified atom stereocenters. The minimum absolute atomic E-state index is 0.00557. The maximum atomic E-state index is 12.7. The van der Waals surface area contributed by atoms with Crippen LogP contribution < -0.4 is 0 Å². The van der Waals surface area contributed by atoms with Crippen molar-refractivity contribution < 1.29 is 58.2 Å². The molecule has 2 heterocycles. The van der Waals surface area contributed by atoms with Gasteiger partial charge in [-0.05, 0) is 71.3 Å². The first-order valence-corrected chi connectivity index (χ1v) is 15.0. The van der Waals surface area contributed by atoms with Gasteiger partial charge in [-0.3, -0.25) is 28.8 Å². The van der Waals surface area contributed by atoms with Gasteiger partial charge in [0.15, 0.2) is 0 Å². The number of amides is 4. The van der Waals surface area contributed by atoms with Crippen LogP contribution in [0.3, 0.4) is 0 Å². The zero-order valence-electron chi connectivity index (χ0n) is 26.3. The third-order valence-corrected chi connectivity index (χ3v) is 8.02. The van der Waals surface area contributed by atoms with Crippen molar-refractivity contribution in [3.8, 4) is 6.07 Å². The number of nitriles is 1. The molecule has 0 spiro atoms. The molecule has 4 rings (SSSR count). The van der Waals surface area contributed by atoms with Gasteiger partial charge >= 0.3 is 18.1 Å². The normalized spacial score (nSPS) is 29.2. The number of imide groups is 2. The molecule has 252 valence electrons. The van der Waals surface area contributed by atoms with Crippen LogP contribution in [-0.4, -0.2) is 74.3 Å². The number of aliphatic carboxylic acids is 1. The number of carbonyl (C=O) groups is 7. The molecule has 0 saturated carbocycles. The average molecular weight is 648 g/mol. The average Bonchev–Trinajstić information content (AvgIpc) is 3.48. The number of allylic oxidation sites excluding steroid dienone is 2. The van der Waals surface area contributed by atoms with E-state index in [0.717, 1.165) is 6.42 Å².